The molecule has 1 aliphatic heterocycles. The van der Waals surface area contributed by atoms with Crippen LogP contribution in [0.3, 0.4) is 0 Å². The maximum Gasteiger partial charge on any atom is 0.407 e. The topological polar surface area (TPSA) is 76.9 Å². The Morgan fingerprint density at radius 1 is 1.41 bits per heavy atom. The molecule has 96 valence electrons. The van der Waals surface area contributed by atoms with Crippen LogP contribution in [-0.2, 0) is 9.47 Å². The van der Waals surface area contributed by atoms with Gasteiger partial charge in [0.15, 0.2) is 0 Å². The number of hydrogen-bond donors (Lipinski definition) is 2. The van der Waals surface area contributed by atoms with E-state index in [-0.39, 0.29) is 12.1 Å². The first-order valence-corrected chi connectivity index (χ1v) is 6.53. The zero-order chi connectivity index (χ0) is 12.0. The minimum absolute atomic E-state index is 0.237. The number of carbonyl (C=O) groups is 1. The first kappa shape index (κ1) is 11.3. The normalized spacial score (nSPS) is 46.2. The van der Waals surface area contributed by atoms with E-state index in [9.17, 15) is 4.79 Å². The van der Waals surface area contributed by atoms with Gasteiger partial charge in [-0.3, -0.25) is 0 Å². The highest BCUT2D eigenvalue weighted by Crippen LogP contribution is 2.55. The van der Waals surface area contributed by atoms with Crippen molar-refractivity contribution in [3.8, 4) is 0 Å². The van der Waals surface area contributed by atoms with E-state index in [0.29, 0.717) is 36.6 Å². The van der Waals surface area contributed by atoms with E-state index >= 15 is 0 Å². The predicted molar refractivity (Wildman–Crippen MR) is 61.4 cm³/mol. The summed E-state index contributed by atoms with van der Waals surface area (Å²) in [6.07, 6.45) is 2.59. The van der Waals surface area contributed by atoms with Crippen LogP contribution >= 0.6 is 0 Å². The zero-order valence-electron chi connectivity index (χ0n) is 10.1. The molecule has 4 atom stereocenters. The molecule has 3 fully saturated rings. The van der Waals surface area contributed by atoms with Crippen LogP contribution in [0.2, 0.25) is 0 Å². The molecule has 0 aromatic heterocycles. The summed E-state index contributed by atoms with van der Waals surface area (Å²) in [7, 11) is 0. The van der Waals surface area contributed by atoms with Gasteiger partial charge in [0.05, 0.1) is 18.8 Å². The third-order valence-electron chi connectivity index (χ3n) is 4.43. The Morgan fingerprint density at radius 3 is 2.59 bits per heavy atom. The highest BCUT2D eigenvalue weighted by molar-refractivity contribution is 5.67. The summed E-state index contributed by atoms with van der Waals surface area (Å²) in [4.78, 5) is 11.5. The van der Waals surface area contributed by atoms with Gasteiger partial charge in [-0.15, -0.1) is 0 Å². The van der Waals surface area contributed by atoms with Crippen molar-refractivity contribution in [2.45, 2.75) is 38.0 Å². The van der Waals surface area contributed by atoms with E-state index in [1.807, 2.05) is 6.92 Å². The Labute approximate surface area is 101 Å². The van der Waals surface area contributed by atoms with Crippen LogP contribution < -0.4 is 11.1 Å². The van der Waals surface area contributed by atoms with E-state index < -0.39 is 0 Å². The standard InChI is InChI=1S/C12H20N2O3/c1-2-16-12(15)14-9-7-3-6(5-13)4-8(9)11-10(7)17-11/h6-11H,2-5,13H2,1H3,(H,14,15). The second-order valence-electron chi connectivity index (χ2n) is 5.36. The largest absolute Gasteiger partial charge is 0.450 e. The lowest BCUT2D eigenvalue weighted by Crippen LogP contribution is -2.49. The Kier molecular flexibility index (Phi) is 2.75. The molecule has 3 rings (SSSR count). The van der Waals surface area contributed by atoms with E-state index in [2.05, 4.69) is 5.32 Å². The number of rotatable bonds is 3. The fraction of sp³-hybridized carbons (Fsp3) is 0.917. The van der Waals surface area contributed by atoms with Crippen LogP contribution in [0.1, 0.15) is 19.8 Å². The van der Waals surface area contributed by atoms with Gasteiger partial charge in [0, 0.05) is 17.9 Å². The molecule has 5 heteroatoms. The number of hydrogen-bond acceptors (Lipinski definition) is 4. The summed E-state index contributed by atoms with van der Waals surface area (Å²) < 4.78 is 10.6. The molecule has 0 aromatic carbocycles. The summed E-state index contributed by atoms with van der Waals surface area (Å²) in [6.45, 7) is 2.99. The van der Waals surface area contributed by atoms with Crippen LogP contribution in [0.15, 0.2) is 0 Å². The van der Waals surface area contributed by atoms with Crippen molar-refractivity contribution in [3.63, 3.8) is 0 Å². The molecule has 1 saturated heterocycles. The highest BCUT2D eigenvalue weighted by Gasteiger charge is 2.64. The predicted octanol–water partition coefficient (Wildman–Crippen LogP) is 0.483. The number of nitrogens with two attached hydrogens (primary N) is 1. The third kappa shape index (κ3) is 1.81. The monoisotopic (exact) mass is 240 g/mol. The molecule has 4 unspecified atom stereocenters. The van der Waals surface area contributed by atoms with E-state index in [4.69, 9.17) is 15.2 Å². The Morgan fingerprint density at radius 2 is 2.06 bits per heavy atom. The number of fused-ring (bicyclic) bond motifs is 5. The maximum absolute atomic E-state index is 11.5. The maximum atomic E-state index is 11.5. The molecule has 3 aliphatic rings. The quantitative estimate of drug-likeness (QED) is 0.704. The molecular weight excluding hydrogens is 220 g/mol. The Hall–Kier alpha value is -0.810. The molecule has 2 saturated carbocycles. The van der Waals surface area contributed by atoms with Gasteiger partial charge in [0.1, 0.15) is 0 Å². The van der Waals surface area contributed by atoms with Crippen molar-refractivity contribution in [2.75, 3.05) is 13.2 Å². The van der Waals surface area contributed by atoms with Crippen molar-refractivity contribution in [2.24, 2.45) is 23.5 Å². The lowest BCUT2D eigenvalue weighted by atomic mass is 9.76. The molecule has 0 spiro atoms. The minimum atomic E-state index is -0.292. The molecule has 0 aromatic rings. The molecule has 0 radical (unpaired) electrons. The second kappa shape index (κ2) is 4.14. The number of nitrogens with one attached hydrogen (secondary N) is 1. The lowest BCUT2D eigenvalue weighted by Gasteiger charge is -2.37. The van der Waals surface area contributed by atoms with Gasteiger partial charge in [-0.25, -0.2) is 4.79 Å². The summed E-state index contributed by atoms with van der Waals surface area (Å²) in [6, 6.07) is 0.237. The van der Waals surface area contributed by atoms with Crippen molar-refractivity contribution < 1.29 is 14.3 Å². The molecule has 17 heavy (non-hydrogen) atoms. The molecule has 2 bridgehead atoms. The first-order chi connectivity index (χ1) is 8.24. The van der Waals surface area contributed by atoms with Crippen molar-refractivity contribution in [1.82, 2.24) is 5.32 Å². The third-order valence-corrected chi connectivity index (χ3v) is 4.43. The number of carbonyl (C=O) groups excluding carboxylic acids is 1. The van der Waals surface area contributed by atoms with Crippen molar-refractivity contribution in [1.29, 1.82) is 0 Å². The average Bonchev–Trinajstić information content (AvgIpc) is 3.05. The van der Waals surface area contributed by atoms with E-state index in [0.717, 1.165) is 19.4 Å². The summed E-state index contributed by atoms with van der Waals surface area (Å²) in [5.41, 5.74) is 5.76. The SMILES string of the molecule is CCOC(=O)NC1C2CC(CN)CC1C1OC21. The van der Waals surface area contributed by atoms with Crippen LogP contribution in [-0.4, -0.2) is 37.5 Å². The number of ether oxygens (including phenoxy) is 2. The molecular formula is C12H20N2O3. The Balaban J connectivity index is 1.65. The minimum Gasteiger partial charge on any atom is -0.450 e. The van der Waals surface area contributed by atoms with Gasteiger partial charge in [-0.2, -0.15) is 0 Å². The molecule has 1 amide bonds. The van der Waals surface area contributed by atoms with Crippen LogP contribution in [0.4, 0.5) is 4.79 Å². The van der Waals surface area contributed by atoms with E-state index in [1.165, 1.54) is 0 Å². The lowest BCUT2D eigenvalue weighted by molar-refractivity contribution is 0.0813. The van der Waals surface area contributed by atoms with Gasteiger partial charge in [0.2, 0.25) is 0 Å². The molecule has 1 heterocycles. The van der Waals surface area contributed by atoms with Crippen LogP contribution in [0.5, 0.6) is 0 Å². The fourth-order valence-electron chi connectivity index (χ4n) is 3.69. The number of amides is 1. The van der Waals surface area contributed by atoms with Gasteiger partial charge >= 0.3 is 6.09 Å². The zero-order valence-corrected chi connectivity index (χ0v) is 10.1. The number of epoxide rings is 1. The Bertz CT molecular complexity index is 305. The van der Waals surface area contributed by atoms with Gasteiger partial charge in [0.25, 0.3) is 0 Å². The van der Waals surface area contributed by atoms with Crippen LogP contribution in [0, 0.1) is 17.8 Å². The average molecular weight is 240 g/mol. The molecule has 3 N–H and O–H groups in total. The summed E-state index contributed by atoms with van der Waals surface area (Å²) >= 11 is 0. The van der Waals surface area contributed by atoms with Crippen molar-refractivity contribution >= 4 is 6.09 Å². The van der Waals surface area contributed by atoms with Gasteiger partial charge in [-0.05, 0) is 32.2 Å². The molecule has 2 aliphatic carbocycles. The smallest absolute Gasteiger partial charge is 0.407 e. The van der Waals surface area contributed by atoms with Crippen molar-refractivity contribution in [3.05, 3.63) is 0 Å². The first-order valence-electron chi connectivity index (χ1n) is 6.53. The van der Waals surface area contributed by atoms with Gasteiger partial charge in [-0.1, -0.05) is 0 Å². The molecule has 5 nitrogen and oxygen atoms in total. The second-order valence-corrected chi connectivity index (χ2v) is 5.36. The summed E-state index contributed by atoms with van der Waals surface area (Å²) in [5.74, 6) is 1.48. The van der Waals surface area contributed by atoms with E-state index in [1.54, 1.807) is 0 Å². The fourth-order valence-corrected chi connectivity index (χ4v) is 3.69. The highest BCUT2D eigenvalue weighted by atomic mass is 16.6. The van der Waals surface area contributed by atoms with Gasteiger partial charge < -0.3 is 20.5 Å². The summed E-state index contributed by atoms with van der Waals surface area (Å²) in [5, 5.41) is 3.01. The van der Waals surface area contributed by atoms with Crippen LogP contribution in [0.25, 0.3) is 0 Å². The number of alkyl carbamates (subject to hydrolysis) is 1.